The molecule has 1 heterocycles. The summed E-state index contributed by atoms with van der Waals surface area (Å²) < 4.78 is 50.4. The highest BCUT2D eigenvalue weighted by Gasteiger charge is 2.31. The number of oxazole rings is 1. The molecule has 1 unspecified atom stereocenters. The van der Waals surface area contributed by atoms with Gasteiger partial charge in [0.2, 0.25) is 5.89 Å². The summed E-state index contributed by atoms with van der Waals surface area (Å²) in [5, 5.41) is 2.71. The largest absolute Gasteiger partial charge is 0.467 e. The van der Waals surface area contributed by atoms with Crippen molar-refractivity contribution in [3.63, 3.8) is 0 Å². The van der Waals surface area contributed by atoms with Gasteiger partial charge in [-0.1, -0.05) is 84.9 Å². The molecule has 5 aromatic rings. The van der Waals surface area contributed by atoms with Gasteiger partial charge in [-0.2, -0.15) is 24.9 Å². The van der Waals surface area contributed by atoms with E-state index in [2.05, 4.69) is 10.3 Å². The predicted octanol–water partition coefficient (Wildman–Crippen LogP) is 7.90. The molecule has 0 fully saturated rings. The molecule has 6 nitrogen and oxygen atoms in total. The molecule has 4 aromatic carbocycles. The van der Waals surface area contributed by atoms with Gasteiger partial charge in [0.15, 0.2) is 11.5 Å². The molecular weight excluding hydrogens is 589 g/mol. The van der Waals surface area contributed by atoms with Crippen LogP contribution in [0.15, 0.2) is 114 Å². The molecule has 5 rings (SSSR count). The van der Waals surface area contributed by atoms with Crippen LogP contribution >= 0.6 is 11.8 Å². The second-order valence-corrected chi connectivity index (χ2v) is 10.8. The molecular formula is C34H27F3N2O4S. The van der Waals surface area contributed by atoms with Gasteiger partial charge in [0, 0.05) is 22.6 Å². The molecule has 10 heteroatoms. The minimum absolute atomic E-state index is 0.0425. The van der Waals surface area contributed by atoms with Gasteiger partial charge >= 0.3 is 12.1 Å². The van der Waals surface area contributed by atoms with Crippen LogP contribution in [0.25, 0.3) is 33.9 Å². The number of nitrogens with one attached hydrogen (secondary N) is 1. The lowest BCUT2D eigenvalue weighted by Crippen LogP contribution is -2.43. The number of methoxy groups -OCH3 is 1. The lowest BCUT2D eigenvalue weighted by atomic mass is 10.0. The molecule has 0 spiro atoms. The quantitative estimate of drug-likeness (QED) is 0.161. The van der Waals surface area contributed by atoms with Crippen LogP contribution in [0, 0.1) is 0 Å². The van der Waals surface area contributed by atoms with E-state index >= 15 is 0 Å². The third-order valence-corrected chi connectivity index (χ3v) is 7.85. The molecule has 0 bridgehead atoms. The first-order chi connectivity index (χ1) is 21.2. The summed E-state index contributed by atoms with van der Waals surface area (Å²) >= 11 is 1.45. The zero-order valence-corrected chi connectivity index (χ0v) is 24.3. The Hall–Kier alpha value is -4.83. The van der Waals surface area contributed by atoms with Crippen LogP contribution < -0.4 is 5.32 Å². The number of halogens is 3. The minimum atomic E-state index is -4.51. The Morgan fingerprint density at radius 2 is 1.39 bits per heavy atom. The van der Waals surface area contributed by atoms with Crippen molar-refractivity contribution in [3.8, 4) is 33.9 Å². The van der Waals surface area contributed by atoms with Crippen LogP contribution in [0.4, 0.5) is 13.2 Å². The Morgan fingerprint density at radius 1 is 0.818 bits per heavy atom. The number of thioether (sulfide) groups is 1. The third-order valence-electron chi connectivity index (χ3n) is 6.74. The molecule has 0 saturated carbocycles. The number of carbonyl (C=O) groups is 2. The minimum Gasteiger partial charge on any atom is -0.467 e. The molecule has 0 aliphatic heterocycles. The zero-order valence-electron chi connectivity index (χ0n) is 23.5. The first-order valence-corrected chi connectivity index (χ1v) is 14.7. The SMILES string of the molecule is COC(=O)C(CSCc1ccccc1)NC(=O)c1nc(-c2ccc(C(F)(F)F)cc2)oc1-c1ccc(-c2ccccc2)cc1. The number of esters is 1. The fourth-order valence-corrected chi connectivity index (χ4v) is 5.45. The van der Waals surface area contributed by atoms with E-state index in [0.717, 1.165) is 28.8 Å². The first-order valence-electron chi connectivity index (χ1n) is 13.6. The monoisotopic (exact) mass is 616 g/mol. The fourth-order valence-electron chi connectivity index (χ4n) is 4.45. The van der Waals surface area contributed by atoms with E-state index in [9.17, 15) is 22.8 Å². The molecule has 0 saturated heterocycles. The van der Waals surface area contributed by atoms with E-state index in [-0.39, 0.29) is 28.7 Å². The lowest BCUT2D eigenvalue weighted by molar-refractivity contribution is -0.142. The average Bonchev–Trinajstić information content (AvgIpc) is 3.50. The average molecular weight is 617 g/mol. The number of alkyl halides is 3. The third kappa shape index (κ3) is 7.38. The Morgan fingerprint density at radius 3 is 2.00 bits per heavy atom. The van der Waals surface area contributed by atoms with Crippen LogP contribution in [0.3, 0.4) is 0 Å². The fraction of sp³-hybridized carbons (Fsp3) is 0.147. The van der Waals surface area contributed by atoms with E-state index < -0.39 is 29.7 Å². The van der Waals surface area contributed by atoms with Gasteiger partial charge in [-0.25, -0.2) is 9.78 Å². The molecule has 0 radical (unpaired) electrons. The maximum atomic E-state index is 13.6. The highest BCUT2D eigenvalue weighted by atomic mass is 32.2. The number of hydrogen-bond acceptors (Lipinski definition) is 6. The van der Waals surface area contributed by atoms with E-state index in [1.165, 1.54) is 31.0 Å². The normalized spacial score (nSPS) is 12.0. The maximum absolute atomic E-state index is 13.6. The molecule has 1 atom stereocenters. The van der Waals surface area contributed by atoms with Crippen molar-refractivity contribution < 1.29 is 31.9 Å². The summed E-state index contributed by atoms with van der Waals surface area (Å²) in [4.78, 5) is 30.6. The van der Waals surface area contributed by atoms with Crippen molar-refractivity contribution in [1.29, 1.82) is 0 Å². The van der Waals surface area contributed by atoms with Crippen LogP contribution in [-0.4, -0.2) is 35.8 Å². The maximum Gasteiger partial charge on any atom is 0.416 e. The second kappa shape index (κ2) is 13.6. The number of rotatable bonds is 10. The number of ether oxygens (including phenoxy) is 1. The van der Waals surface area contributed by atoms with Crippen LogP contribution in [0.2, 0.25) is 0 Å². The van der Waals surface area contributed by atoms with E-state index in [0.29, 0.717) is 11.3 Å². The number of amides is 1. The molecule has 0 aliphatic carbocycles. The second-order valence-electron chi connectivity index (χ2n) is 9.77. The van der Waals surface area contributed by atoms with Gasteiger partial charge < -0.3 is 14.5 Å². The molecule has 1 aromatic heterocycles. The van der Waals surface area contributed by atoms with Gasteiger partial charge in [0.25, 0.3) is 5.91 Å². The van der Waals surface area contributed by atoms with Crippen LogP contribution in [0.5, 0.6) is 0 Å². The Labute approximate surface area is 256 Å². The molecule has 0 aliphatic rings. The lowest BCUT2D eigenvalue weighted by Gasteiger charge is -2.16. The molecule has 44 heavy (non-hydrogen) atoms. The number of hydrogen-bond donors (Lipinski definition) is 1. The van der Waals surface area contributed by atoms with E-state index in [1.54, 1.807) is 12.1 Å². The number of carbonyl (C=O) groups excluding carboxylic acids is 2. The highest BCUT2D eigenvalue weighted by Crippen LogP contribution is 2.34. The summed E-state index contributed by atoms with van der Waals surface area (Å²) in [7, 11) is 1.24. The van der Waals surface area contributed by atoms with E-state index in [4.69, 9.17) is 9.15 Å². The Balaban J connectivity index is 1.45. The van der Waals surface area contributed by atoms with Gasteiger partial charge in [0.1, 0.15) is 6.04 Å². The van der Waals surface area contributed by atoms with Crippen molar-refractivity contribution in [2.24, 2.45) is 0 Å². The summed E-state index contributed by atoms with van der Waals surface area (Å²) in [5.74, 6) is -0.399. The summed E-state index contributed by atoms with van der Waals surface area (Å²) in [5.41, 5.74) is 2.82. The van der Waals surface area contributed by atoms with Crippen LogP contribution in [-0.2, 0) is 21.5 Å². The van der Waals surface area contributed by atoms with Gasteiger partial charge in [0.05, 0.1) is 12.7 Å². The number of nitrogens with zero attached hydrogens (tertiary/aromatic N) is 1. The number of aromatic nitrogens is 1. The van der Waals surface area contributed by atoms with Crippen molar-refractivity contribution in [1.82, 2.24) is 10.3 Å². The highest BCUT2D eigenvalue weighted by molar-refractivity contribution is 7.98. The summed E-state index contributed by atoms with van der Waals surface area (Å²) in [6, 6.07) is 30.0. The zero-order chi connectivity index (χ0) is 31.1. The summed E-state index contributed by atoms with van der Waals surface area (Å²) in [6.07, 6.45) is -4.51. The van der Waals surface area contributed by atoms with Crippen molar-refractivity contribution >= 4 is 23.6 Å². The van der Waals surface area contributed by atoms with Gasteiger partial charge in [-0.15, -0.1) is 0 Å². The van der Waals surface area contributed by atoms with E-state index in [1.807, 2.05) is 72.8 Å². The van der Waals surface area contributed by atoms with Crippen molar-refractivity contribution in [2.75, 3.05) is 12.9 Å². The smallest absolute Gasteiger partial charge is 0.416 e. The van der Waals surface area contributed by atoms with Gasteiger partial charge in [-0.3, -0.25) is 4.79 Å². The van der Waals surface area contributed by atoms with Crippen LogP contribution in [0.1, 0.15) is 21.6 Å². The molecule has 1 amide bonds. The van der Waals surface area contributed by atoms with Crippen molar-refractivity contribution in [3.05, 3.63) is 126 Å². The summed E-state index contributed by atoms with van der Waals surface area (Å²) in [6.45, 7) is 0. The molecule has 1 N–H and O–H groups in total. The first kappa shape index (κ1) is 30.6. The predicted molar refractivity (Wildman–Crippen MR) is 164 cm³/mol. The molecule has 224 valence electrons. The Kier molecular flexibility index (Phi) is 9.50. The standard InChI is InChI=1S/C34H27F3N2O4S/c1-42-33(41)28(21-44-20-22-8-4-2-5-9-22)38-31(40)29-30(25-14-12-24(13-15-25)23-10-6-3-7-11-23)43-32(39-29)26-16-18-27(19-17-26)34(35,36)37/h2-19,28H,20-21H2,1H3,(H,38,40). The van der Waals surface area contributed by atoms with Gasteiger partial charge in [-0.05, 0) is 41.0 Å². The topological polar surface area (TPSA) is 81.4 Å². The number of benzene rings is 4. The Bertz CT molecular complexity index is 1710. The van der Waals surface area contributed by atoms with Crippen molar-refractivity contribution in [2.45, 2.75) is 18.0 Å².